The first-order chi connectivity index (χ1) is 10.6. The molecular formula is C17H20N4O. The molecule has 22 heavy (non-hydrogen) atoms. The molecule has 0 fully saturated rings. The molecule has 0 saturated carbocycles. The van der Waals surface area contributed by atoms with Crippen molar-refractivity contribution in [2.24, 2.45) is 0 Å². The average Bonchev–Trinajstić information content (AvgIpc) is 2.54. The summed E-state index contributed by atoms with van der Waals surface area (Å²) in [6.45, 7) is 5.58. The number of anilines is 1. The first kappa shape index (κ1) is 14.5. The van der Waals surface area contributed by atoms with Crippen LogP contribution in [0.1, 0.15) is 35.5 Å². The standard InChI is InChI=1S/C17H20N4O/c1-12(2)20-17(22)15-9-16(19-11-18-15)21-8-7-13-5-3-4-6-14(13)10-21/h3-6,9,11-12H,7-8,10H2,1-2H3,(H,20,22). The first-order valence-corrected chi connectivity index (χ1v) is 7.58. The first-order valence-electron chi connectivity index (χ1n) is 7.58. The molecule has 1 aliphatic rings. The highest BCUT2D eigenvalue weighted by Gasteiger charge is 2.18. The predicted molar refractivity (Wildman–Crippen MR) is 85.8 cm³/mol. The van der Waals surface area contributed by atoms with Crippen LogP contribution in [0.5, 0.6) is 0 Å². The molecule has 0 unspecified atom stereocenters. The highest BCUT2D eigenvalue weighted by molar-refractivity contribution is 5.93. The molecule has 1 amide bonds. The molecule has 1 N–H and O–H groups in total. The van der Waals surface area contributed by atoms with Crippen molar-refractivity contribution < 1.29 is 4.79 Å². The quantitative estimate of drug-likeness (QED) is 0.943. The number of carbonyl (C=O) groups excluding carboxylic acids is 1. The van der Waals surface area contributed by atoms with Gasteiger partial charge in [-0.15, -0.1) is 0 Å². The number of benzene rings is 1. The van der Waals surface area contributed by atoms with Crippen molar-refractivity contribution in [3.63, 3.8) is 0 Å². The third-order valence-corrected chi connectivity index (χ3v) is 3.76. The van der Waals surface area contributed by atoms with Crippen molar-refractivity contribution in [1.29, 1.82) is 0 Å². The zero-order valence-electron chi connectivity index (χ0n) is 12.9. The number of rotatable bonds is 3. The number of hydrogen-bond donors (Lipinski definition) is 1. The Bertz CT molecular complexity index is 684. The van der Waals surface area contributed by atoms with Crippen LogP contribution < -0.4 is 10.2 Å². The molecule has 1 aromatic carbocycles. The molecular weight excluding hydrogens is 276 g/mol. The van der Waals surface area contributed by atoms with Crippen LogP contribution in [0.2, 0.25) is 0 Å². The third-order valence-electron chi connectivity index (χ3n) is 3.76. The maximum Gasteiger partial charge on any atom is 0.270 e. The van der Waals surface area contributed by atoms with E-state index in [2.05, 4.69) is 44.5 Å². The number of amides is 1. The van der Waals surface area contributed by atoms with E-state index in [1.54, 1.807) is 6.07 Å². The molecule has 0 radical (unpaired) electrons. The summed E-state index contributed by atoms with van der Waals surface area (Å²) in [6.07, 6.45) is 2.46. The van der Waals surface area contributed by atoms with Gasteiger partial charge in [0.1, 0.15) is 17.8 Å². The zero-order valence-corrected chi connectivity index (χ0v) is 12.9. The molecule has 114 valence electrons. The molecule has 0 bridgehead atoms. The monoisotopic (exact) mass is 296 g/mol. The van der Waals surface area contributed by atoms with Crippen molar-refractivity contribution in [3.05, 3.63) is 53.5 Å². The van der Waals surface area contributed by atoms with Crippen LogP contribution in [-0.2, 0) is 13.0 Å². The Morgan fingerprint density at radius 2 is 2.00 bits per heavy atom. The van der Waals surface area contributed by atoms with Crippen LogP contribution in [0.25, 0.3) is 0 Å². The molecule has 0 atom stereocenters. The summed E-state index contributed by atoms with van der Waals surface area (Å²) in [7, 11) is 0. The Labute approximate surface area is 130 Å². The van der Waals surface area contributed by atoms with E-state index in [-0.39, 0.29) is 11.9 Å². The Kier molecular flexibility index (Phi) is 4.04. The lowest BCUT2D eigenvalue weighted by atomic mass is 10.00. The lowest BCUT2D eigenvalue weighted by molar-refractivity contribution is 0.0938. The smallest absolute Gasteiger partial charge is 0.270 e. The van der Waals surface area contributed by atoms with Gasteiger partial charge in [-0.25, -0.2) is 9.97 Å². The van der Waals surface area contributed by atoms with E-state index < -0.39 is 0 Å². The van der Waals surface area contributed by atoms with Gasteiger partial charge in [-0.05, 0) is 31.4 Å². The van der Waals surface area contributed by atoms with Gasteiger partial charge in [-0.2, -0.15) is 0 Å². The molecule has 2 heterocycles. The molecule has 0 aliphatic carbocycles. The van der Waals surface area contributed by atoms with E-state index in [4.69, 9.17) is 0 Å². The second-order valence-corrected chi connectivity index (χ2v) is 5.83. The largest absolute Gasteiger partial charge is 0.352 e. The van der Waals surface area contributed by atoms with Crippen LogP contribution in [0.4, 0.5) is 5.82 Å². The molecule has 0 spiro atoms. The summed E-state index contributed by atoms with van der Waals surface area (Å²) >= 11 is 0. The fraction of sp³-hybridized carbons (Fsp3) is 0.353. The van der Waals surface area contributed by atoms with Gasteiger partial charge in [0.05, 0.1) is 0 Å². The van der Waals surface area contributed by atoms with E-state index >= 15 is 0 Å². The van der Waals surface area contributed by atoms with E-state index in [1.807, 2.05) is 13.8 Å². The van der Waals surface area contributed by atoms with Crippen LogP contribution >= 0.6 is 0 Å². The fourth-order valence-corrected chi connectivity index (χ4v) is 2.67. The number of nitrogens with one attached hydrogen (secondary N) is 1. The Morgan fingerprint density at radius 1 is 1.23 bits per heavy atom. The van der Waals surface area contributed by atoms with Gasteiger partial charge in [0, 0.05) is 25.2 Å². The number of nitrogens with zero attached hydrogens (tertiary/aromatic N) is 3. The lowest BCUT2D eigenvalue weighted by Gasteiger charge is -2.29. The van der Waals surface area contributed by atoms with Crippen LogP contribution in [0.3, 0.4) is 0 Å². The van der Waals surface area contributed by atoms with Gasteiger partial charge in [0.15, 0.2) is 0 Å². The maximum atomic E-state index is 12.1. The van der Waals surface area contributed by atoms with E-state index in [9.17, 15) is 4.79 Å². The van der Waals surface area contributed by atoms with Gasteiger partial charge in [-0.3, -0.25) is 4.79 Å². The number of hydrogen-bond acceptors (Lipinski definition) is 4. The summed E-state index contributed by atoms with van der Waals surface area (Å²) < 4.78 is 0. The summed E-state index contributed by atoms with van der Waals surface area (Å²) in [6, 6.07) is 10.3. The van der Waals surface area contributed by atoms with Crippen molar-refractivity contribution in [2.45, 2.75) is 32.9 Å². The Balaban J connectivity index is 1.80. The molecule has 3 rings (SSSR count). The Morgan fingerprint density at radius 3 is 2.77 bits per heavy atom. The minimum Gasteiger partial charge on any atom is -0.352 e. The normalized spacial score (nSPS) is 13.9. The average molecular weight is 296 g/mol. The highest BCUT2D eigenvalue weighted by atomic mass is 16.1. The van der Waals surface area contributed by atoms with E-state index in [0.29, 0.717) is 5.69 Å². The summed E-state index contributed by atoms with van der Waals surface area (Å²) in [5.74, 6) is 0.648. The highest BCUT2D eigenvalue weighted by Crippen LogP contribution is 2.22. The second kappa shape index (κ2) is 6.13. The summed E-state index contributed by atoms with van der Waals surface area (Å²) in [5, 5.41) is 2.86. The number of carbonyl (C=O) groups is 1. The van der Waals surface area contributed by atoms with Gasteiger partial charge in [0.2, 0.25) is 0 Å². The van der Waals surface area contributed by atoms with Gasteiger partial charge < -0.3 is 10.2 Å². The van der Waals surface area contributed by atoms with Gasteiger partial charge in [0.25, 0.3) is 5.91 Å². The molecule has 0 saturated heterocycles. The third kappa shape index (κ3) is 3.08. The summed E-state index contributed by atoms with van der Waals surface area (Å²) in [4.78, 5) is 22.7. The minimum atomic E-state index is -0.156. The molecule has 5 nitrogen and oxygen atoms in total. The maximum absolute atomic E-state index is 12.1. The van der Waals surface area contributed by atoms with Crippen molar-refractivity contribution in [1.82, 2.24) is 15.3 Å². The topological polar surface area (TPSA) is 58.1 Å². The minimum absolute atomic E-state index is 0.0905. The van der Waals surface area contributed by atoms with Crippen molar-refractivity contribution in [3.8, 4) is 0 Å². The Hall–Kier alpha value is -2.43. The van der Waals surface area contributed by atoms with Gasteiger partial charge in [-0.1, -0.05) is 24.3 Å². The molecule has 1 aromatic heterocycles. The number of fused-ring (bicyclic) bond motifs is 1. The SMILES string of the molecule is CC(C)NC(=O)c1cc(N2CCc3ccccc3C2)ncn1. The van der Waals surface area contributed by atoms with Crippen molar-refractivity contribution >= 4 is 11.7 Å². The van der Waals surface area contributed by atoms with Crippen LogP contribution in [0, 0.1) is 0 Å². The van der Waals surface area contributed by atoms with E-state index in [0.717, 1.165) is 25.3 Å². The lowest BCUT2D eigenvalue weighted by Crippen LogP contribution is -2.33. The van der Waals surface area contributed by atoms with Gasteiger partial charge >= 0.3 is 0 Å². The predicted octanol–water partition coefficient (Wildman–Crippen LogP) is 2.18. The van der Waals surface area contributed by atoms with Crippen LogP contribution in [0.15, 0.2) is 36.7 Å². The molecule has 1 aliphatic heterocycles. The fourth-order valence-electron chi connectivity index (χ4n) is 2.67. The summed E-state index contributed by atoms with van der Waals surface area (Å²) in [5.41, 5.74) is 3.13. The zero-order chi connectivity index (χ0) is 15.5. The molecule has 2 aromatic rings. The second-order valence-electron chi connectivity index (χ2n) is 5.83. The van der Waals surface area contributed by atoms with E-state index in [1.165, 1.54) is 17.5 Å². The number of aromatic nitrogens is 2. The molecule has 5 heteroatoms. The van der Waals surface area contributed by atoms with Crippen molar-refractivity contribution in [2.75, 3.05) is 11.4 Å². The van der Waals surface area contributed by atoms with Crippen LogP contribution in [-0.4, -0.2) is 28.5 Å².